The number of nitrogens with zero attached hydrogens (tertiary/aromatic N) is 1. The van der Waals surface area contributed by atoms with Crippen molar-refractivity contribution in [2.45, 2.75) is 38.5 Å². The second-order valence-corrected chi connectivity index (χ2v) is 6.72. The highest BCUT2D eigenvalue weighted by molar-refractivity contribution is 7.10. The van der Waals surface area contributed by atoms with E-state index in [1.54, 1.807) is 6.26 Å². The maximum absolute atomic E-state index is 10.2. The lowest BCUT2D eigenvalue weighted by molar-refractivity contribution is -0.00377. The van der Waals surface area contributed by atoms with Gasteiger partial charge in [-0.25, -0.2) is 0 Å². The predicted octanol–water partition coefficient (Wildman–Crippen LogP) is 3.23. The molecule has 2 aromatic rings. The molecule has 1 aliphatic rings. The van der Waals surface area contributed by atoms with Gasteiger partial charge in [-0.05, 0) is 42.0 Å². The van der Waals surface area contributed by atoms with E-state index < -0.39 is 6.10 Å². The number of hydrogen-bond acceptors (Lipinski definition) is 5. The number of rotatable bonds is 7. The third-order valence-corrected chi connectivity index (χ3v) is 5.17. The molecule has 0 saturated carbocycles. The van der Waals surface area contributed by atoms with E-state index in [0.29, 0.717) is 25.8 Å². The fourth-order valence-electron chi connectivity index (χ4n) is 3.16. The molecule has 4 nitrogen and oxygen atoms in total. The van der Waals surface area contributed by atoms with E-state index in [1.165, 1.54) is 10.4 Å². The van der Waals surface area contributed by atoms with Crippen LogP contribution < -0.4 is 0 Å². The SMILES string of the molecule is CC[C@H]1c2ccsc2CCN1C[C@H](O)COCc1ccco1. The molecular weight excluding hydrogens is 298 g/mol. The number of thiophene rings is 1. The van der Waals surface area contributed by atoms with Gasteiger partial charge in [0.05, 0.1) is 19.0 Å². The van der Waals surface area contributed by atoms with Crippen molar-refractivity contribution in [3.63, 3.8) is 0 Å². The molecule has 1 N–H and O–H groups in total. The number of furan rings is 1. The van der Waals surface area contributed by atoms with Gasteiger partial charge >= 0.3 is 0 Å². The molecule has 0 amide bonds. The Bertz CT molecular complexity index is 566. The summed E-state index contributed by atoms with van der Waals surface area (Å²) in [5, 5.41) is 12.4. The standard InChI is InChI=1S/C17H23NO3S/c1-2-16-15-6-9-22-17(15)5-7-18(16)10-13(19)11-20-12-14-4-3-8-21-14/h3-4,6,8-9,13,16,19H,2,5,7,10-12H2,1H3/t13-,16-/m0/s1. The van der Waals surface area contributed by atoms with Crippen LogP contribution in [0.2, 0.25) is 0 Å². The van der Waals surface area contributed by atoms with Gasteiger partial charge in [-0.3, -0.25) is 4.90 Å². The van der Waals surface area contributed by atoms with Gasteiger partial charge in [-0.1, -0.05) is 6.92 Å². The summed E-state index contributed by atoms with van der Waals surface area (Å²) < 4.78 is 10.8. The van der Waals surface area contributed by atoms with Gasteiger partial charge in [0, 0.05) is 24.0 Å². The third-order valence-electron chi connectivity index (χ3n) is 4.17. The Morgan fingerprint density at radius 1 is 1.50 bits per heavy atom. The zero-order chi connectivity index (χ0) is 15.4. The summed E-state index contributed by atoms with van der Waals surface area (Å²) in [4.78, 5) is 3.89. The number of aliphatic hydroxyl groups excluding tert-OH is 1. The first kappa shape index (κ1) is 15.7. The summed E-state index contributed by atoms with van der Waals surface area (Å²) in [6.45, 7) is 4.64. The van der Waals surface area contributed by atoms with Crippen LogP contribution in [-0.2, 0) is 17.8 Å². The molecule has 5 heteroatoms. The Balaban J connectivity index is 1.49. The van der Waals surface area contributed by atoms with Crippen LogP contribution in [0.5, 0.6) is 0 Å². The monoisotopic (exact) mass is 321 g/mol. The predicted molar refractivity (Wildman–Crippen MR) is 87.0 cm³/mol. The molecule has 0 saturated heterocycles. The molecule has 120 valence electrons. The van der Waals surface area contributed by atoms with E-state index in [9.17, 15) is 5.11 Å². The van der Waals surface area contributed by atoms with E-state index in [-0.39, 0.29) is 0 Å². The molecule has 0 bridgehead atoms. The Labute approximate surface area is 135 Å². The quantitative estimate of drug-likeness (QED) is 0.850. The van der Waals surface area contributed by atoms with Gasteiger partial charge in [0.15, 0.2) is 0 Å². The van der Waals surface area contributed by atoms with Crippen molar-refractivity contribution >= 4 is 11.3 Å². The maximum Gasteiger partial charge on any atom is 0.129 e. The largest absolute Gasteiger partial charge is 0.467 e. The zero-order valence-electron chi connectivity index (χ0n) is 12.9. The summed E-state index contributed by atoms with van der Waals surface area (Å²) in [6.07, 6.45) is 3.32. The van der Waals surface area contributed by atoms with Crippen molar-refractivity contribution in [1.29, 1.82) is 0 Å². The van der Waals surface area contributed by atoms with Crippen LogP contribution in [0, 0.1) is 0 Å². The minimum atomic E-state index is -0.468. The number of fused-ring (bicyclic) bond motifs is 1. The van der Waals surface area contributed by atoms with Gasteiger partial charge in [0.25, 0.3) is 0 Å². The number of aliphatic hydroxyl groups is 1. The summed E-state index contributed by atoms with van der Waals surface area (Å²) in [5.41, 5.74) is 1.45. The molecule has 0 aromatic carbocycles. The molecule has 2 aromatic heterocycles. The lowest BCUT2D eigenvalue weighted by atomic mass is 9.97. The second-order valence-electron chi connectivity index (χ2n) is 5.72. The van der Waals surface area contributed by atoms with Crippen molar-refractivity contribution in [3.05, 3.63) is 46.0 Å². The van der Waals surface area contributed by atoms with E-state index in [4.69, 9.17) is 9.15 Å². The highest BCUT2D eigenvalue weighted by atomic mass is 32.1. The Morgan fingerprint density at radius 3 is 3.18 bits per heavy atom. The lowest BCUT2D eigenvalue weighted by Gasteiger charge is -2.36. The topological polar surface area (TPSA) is 45.8 Å². The van der Waals surface area contributed by atoms with E-state index in [0.717, 1.165) is 25.1 Å². The van der Waals surface area contributed by atoms with Gasteiger partial charge in [0.1, 0.15) is 12.4 Å². The molecule has 0 fully saturated rings. The van der Waals surface area contributed by atoms with Gasteiger partial charge in [0.2, 0.25) is 0 Å². The molecule has 0 aliphatic carbocycles. The lowest BCUT2D eigenvalue weighted by Crippen LogP contribution is -2.41. The van der Waals surface area contributed by atoms with Gasteiger partial charge in [-0.15, -0.1) is 11.3 Å². The molecule has 3 heterocycles. The van der Waals surface area contributed by atoms with Crippen LogP contribution in [0.4, 0.5) is 0 Å². The smallest absolute Gasteiger partial charge is 0.129 e. The zero-order valence-corrected chi connectivity index (χ0v) is 13.7. The van der Waals surface area contributed by atoms with Crippen LogP contribution in [0.25, 0.3) is 0 Å². The van der Waals surface area contributed by atoms with Crippen molar-refractivity contribution in [2.24, 2.45) is 0 Å². The first-order valence-electron chi connectivity index (χ1n) is 7.86. The molecule has 0 spiro atoms. The van der Waals surface area contributed by atoms with Crippen LogP contribution in [0.15, 0.2) is 34.3 Å². The minimum Gasteiger partial charge on any atom is -0.467 e. The fraction of sp³-hybridized carbons (Fsp3) is 0.529. The van der Waals surface area contributed by atoms with Crippen molar-refractivity contribution in [1.82, 2.24) is 4.90 Å². The fourth-order valence-corrected chi connectivity index (χ4v) is 4.09. The van der Waals surface area contributed by atoms with E-state index >= 15 is 0 Å². The molecule has 2 atom stereocenters. The van der Waals surface area contributed by atoms with Gasteiger partial charge < -0.3 is 14.3 Å². The number of β-amino-alcohol motifs (C(OH)–C–C–N with tert-alkyl or cyclic N) is 1. The van der Waals surface area contributed by atoms with Crippen LogP contribution >= 0.6 is 11.3 Å². The first-order chi connectivity index (χ1) is 10.8. The highest BCUT2D eigenvalue weighted by Gasteiger charge is 2.28. The molecule has 3 rings (SSSR count). The van der Waals surface area contributed by atoms with Crippen molar-refractivity contribution in [2.75, 3.05) is 19.7 Å². The number of hydrogen-bond donors (Lipinski definition) is 1. The maximum atomic E-state index is 10.2. The normalized spacial score (nSPS) is 20.0. The van der Waals surface area contributed by atoms with Crippen LogP contribution in [0.3, 0.4) is 0 Å². The second kappa shape index (κ2) is 7.42. The van der Waals surface area contributed by atoms with Crippen LogP contribution in [0.1, 0.15) is 35.6 Å². The molecule has 0 radical (unpaired) electrons. The Kier molecular flexibility index (Phi) is 5.31. The number of ether oxygens (including phenoxy) is 1. The highest BCUT2D eigenvalue weighted by Crippen LogP contribution is 2.35. The third kappa shape index (κ3) is 3.60. The minimum absolute atomic E-state index is 0.337. The summed E-state index contributed by atoms with van der Waals surface area (Å²) in [5.74, 6) is 0.791. The molecule has 22 heavy (non-hydrogen) atoms. The van der Waals surface area contributed by atoms with Crippen LogP contribution in [-0.4, -0.2) is 35.8 Å². The average molecular weight is 321 g/mol. The van der Waals surface area contributed by atoms with Crippen molar-refractivity contribution < 1.29 is 14.3 Å². The van der Waals surface area contributed by atoms with E-state index in [2.05, 4.69) is 23.3 Å². The summed E-state index contributed by atoms with van der Waals surface area (Å²) >= 11 is 1.85. The first-order valence-corrected chi connectivity index (χ1v) is 8.74. The molecule has 1 aliphatic heterocycles. The molecule has 0 unspecified atom stereocenters. The average Bonchev–Trinajstić information content (AvgIpc) is 3.17. The van der Waals surface area contributed by atoms with Gasteiger partial charge in [-0.2, -0.15) is 0 Å². The Morgan fingerprint density at radius 2 is 2.41 bits per heavy atom. The van der Waals surface area contributed by atoms with Crippen molar-refractivity contribution in [3.8, 4) is 0 Å². The summed E-state index contributed by atoms with van der Waals surface area (Å²) in [6, 6.07) is 6.38. The summed E-state index contributed by atoms with van der Waals surface area (Å²) in [7, 11) is 0. The van der Waals surface area contributed by atoms with E-state index in [1.807, 2.05) is 23.5 Å². The Hall–Kier alpha value is -1.14. The molecular formula is C17H23NO3S.